The minimum absolute atomic E-state index is 0. The molecule has 0 saturated heterocycles. The minimum Gasteiger partial charge on any atom is -0.459 e. The Kier molecular flexibility index (Phi) is 28.1. The van der Waals surface area contributed by atoms with Crippen molar-refractivity contribution in [3.05, 3.63) is 0 Å². The number of ether oxygens (including phenoxy) is 3. The number of Topliss-reactive ketones (excluding diaryl/α,β-unsaturated/α-hetero) is 1. The minimum atomic E-state index is -4.49. The molecular weight excluding hydrogens is 649 g/mol. The first-order valence-electron chi connectivity index (χ1n) is 16.1. The number of halogens is 3. The van der Waals surface area contributed by atoms with Crippen molar-refractivity contribution < 1.29 is 46.6 Å². The van der Waals surface area contributed by atoms with Crippen LogP contribution < -0.4 is 0 Å². The zero-order chi connectivity index (χ0) is 34.3. The normalized spacial score (nSPS) is 22.0. The van der Waals surface area contributed by atoms with E-state index in [-0.39, 0.29) is 79.9 Å². The van der Waals surface area contributed by atoms with Gasteiger partial charge in [0.2, 0.25) is 0 Å². The molecule has 4 bridgehead atoms. The van der Waals surface area contributed by atoms with Crippen LogP contribution in [-0.4, -0.2) is 48.2 Å². The molecule has 4 saturated carbocycles. The number of hydrogen-bond acceptors (Lipinski definition) is 7. The molecule has 0 aromatic rings. The molecule has 50 heavy (non-hydrogen) atoms. The maximum atomic E-state index is 12.4. The highest BCUT2D eigenvalue weighted by Gasteiger charge is 2.54. The Morgan fingerprint density at radius 1 is 0.640 bits per heavy atom. The van der Waals surface area contributed by atoms with Gasteiger partial charge in [-0.15, -0.1) is 0 Å². The van der Waals surface area contributed by atoms with Gasteiger partial charge in [-0.05, 0) is 131 Å². The lowest BCUT2D eigenvalue weighted by Gasteiger charge is -2.56. The van der Waals surface area contributed by atoms with E-state index in [1.807, 2.05) is 20.8 Å². The molecule has 1 unspecified atom stereocenters. The first-order chi connectivity index (χ1) is 19.9. The molecule has 0 N–H and O–H groups in total. The highest BCUT2D eigenvalue weighted by molar-refractivity contribution is 5.82. The van der Waals surface area contributed by atoms with E-state index in [2.05, 4.69) is 11.7 Å². The van der Waals surface area contributed by atoms with E-state index in [4.69, 9.17) is 9.47 Å². The highest BCUT2D eigenvalue weighted by atomic mass is 19.4. The fraction of sp³-hybridized carbons (Fsp3) is 0.900. The second-order valence-corrected chi connectivity index (χ2v) is 15.1. The predicted molar refractivity (Wildman–Crippen MR) is 203 cm³/mol. The van der Waals surface area contributed by atoms with E-state index in [0.29, 0.717) is 12.8 Å². The molecule has 0 heterocycles. The van der Waals surface area contributed by atoms with Crippen molar-refractivity contribution in [1.82, 2.24) is 0 Å². The van der Waals surface area contributed by atoms with E-state index in [9.17, 15) is 32.3 Å². The summed E-state index contributed by atoms with van der Waals surface area (Å²) in [6, 6.07) is 0. The van der Waals surface area contributed by atoms with E-state index in [1.54, 1.807) is 34.6 Å². The van der Waals surface area contributed by atoms with Gasteiger partial charge in [0.1, 0.15) is 12.2 Å². The number of esters is 3. The van der Waals surface area contributed by atoms with Crippen LogP contribution in [0.3, 0.4) is 0 Å². The van der Waals surface area contributed by atoms with Crippen molar-refractivity contribution in [1.29, 1.82) is 0 Å². The van der Waals surface area contributed by atoms with Crippen molar-refractivity contribution in [3.63, 3.8) is 0 Å². The van der Waals surface area contributed by atoms with Gasteiger partial charge < -0.3 is 14.2 Å². The zero-order valence-corrected chi connectivity index (χ0v) is 28.9. The van der Waals surface area contributed by atoms with E-state index >= 15 is 0 Å². The summed E-state index contributed by atoms with van der Waals surface area (Å²) in [7, 11) is 0. The molecule has 10 heteroatoms. The van der Waals surface area contributed by atoms with E-state index in [0.717, 1.165) is 50.4 Å². The summed E-state index contributed by atoms with van der Waals surface area (Å²) in [5.41, 5.74) is -1.73. The molecule has 0 spiro atoms. The Bertz CT molecular complexity index is 964. The van der Waals surface area contributed by atoms with Crippen molar-refractivity contribution in [2.75, 3.05) is 6.61 Å². The number of hydrogen-bond donors (Lipinski definition) is 0. The molecule has 4 aliphatic rings. The Hall–Kier alpha value is -2.13. The molecule has 0 aliphatic heterocycles. The first kappa shape index (κ1) is 60.0. The van der Waals surface area contributed by atoms with E-state index < -0.39 is 29.1 Å². The topological polar surface area (TPSA) is 96.0 Å². The standard InChI is InChI=1S/C16H26O2.C9H15F3O2.C9H16O3.6CH4/c1-4-15(2,3)14(17)18-16-8-11-5-12(9-16)7-13(6-11)10-16;1-5-8(3,4)7(13)14-6(2)9(10,11)12;1-5-9(3,4)8(11)12-6-7(2)10;;;;;;/h11-13H,4-10H2,1-3H3;6H,5H2,1-4H3;5-6H2,1-4H3;6*1H4. The summed E-state index contributed by atoms with van der Waals surface area (Å²) in [5.74, 6) is 1.31. The lowest BCUT2D eigenvalue weighted by molar-refractivity contribution is -0.221. The summed E-state index contributed by atoms with van der Waals surface area (Å²) < 4.78 is 51.2. The molecule has 1 atom stereocenters. The van der Waals surface area contributed by atoms with Crippen molar-refractivity contribution >= 4 is 23.7 Å². The summed E-state index contributed by atoms with van der Waals surface area (Å²) in [5, 5.41) is 0. The molecule has 0 radical (unpaired) electrons. The molecule has 7 nitrogen and oxygen atoms in total. The van der Waals surface area contributed by atoms with Crippen LogP contribution in [0.25, 0.3) is 0 Å². The van der Waals surface area contributed by atoms with Gasteiger partial charge >= 0.3 is 24.1 Å². The second-order valence-electron chi connectivity index (χ2n) is 15.1. The molecule has 4 rings (SSSR count). The second kappa shape index (κ2) is 23.4. The van der Waals surface area contributed by atoms with Gasteiger partial charge in [0.15, 0.2) is 11.9 Å². The zero-order valence-electron chi connectivity index (χ0n) is 28.9. The van der Waals surface area contributed by atoms with Gasteiger partial charge in [0.25, 0.3) is 0 Å². The average molecular weight is 731 g/mol. The van der Waals surface area contributed by atoms with Gasteiger partial charge in [-0.25, -0.2) is 0 Å². The van der Waals surface area contributed by atoms with Crippen LogP contribution in [-0.2, 0) is 33.4 Å². The predicted octanol–water partition coefficient (Wildman–Crippen LogP) is 12.2. The largest absolute Gasteiger partial charge is 0.459 e. The smallest absolute Gasteiger partial charge is 0.425 e. The van der Waals surface area contributed by atoms with Crippen LogP contribution in [0.4, 0.5) is 13.2 Å². The van der Waals surface area contributed by atoms with Crippen LogP contribution in [0, 0.1) is 34.0 Å². The van der Waals surface area contributed by atoms with Crippen LogP contribution in [0.15, 0.2) is 0 Å². The quantitative estimate of drug-likeness (QED) is 0.163. The first-order valence-corrected chi connectivity index (χ1v) is 16.1. The van der Waals surface area contributed by atoms with Gasteiger partial charge in [0, 0.05) is 0 Å². The fourth-order valence-electron chi connectivity index (χ4n) is 5.67. The Labute approximate surface area is 306 Å². The van der Waals surface area contributed by atoms with Crippen LogP contribution in [0.2, 0.25) is 0 Å². The van der Waals surface area contributed by atoms with Gasteiger partial charge in [-0.2, -0.15) is 13.2 Å². The summed E-state index contributed by atoms with van der Waals surface area (Å²) >= 11 is 0. The van der Waals surface area contributed by atoms with Crippen LogP contribution in [0.5, 0.6) is 0 Å². The number of rotatable bonds is 10. The molecule has 304 valence electrons. The number of carbonyl (C=O) groups is 4. The third-order valence-corrected chi connectivity index (χ3v) is 9.75. The van der Waals surface area contributed by atoms with Gasteiger partial charge in [-0.3, -0.25) is 19.2 Å². The molecule has 0 aromatic carbocycles. The number of ketones is 1. The average Bonchev–Trinajstić information content (AvgIpc) is 2.90. The van der Waals surface area contributed by atoms with Gasteiger partial charge in [0.05, 0.1) is 16.2 Å². The van der Waals surface area contributed by atoms with Crippen LogP contribution in [0.1, 0.15) is 179 Å². The fourth-order valence-corrected chi connectivity index (χ4v) is 5.67. The molecule has 0 aromatic heterocycles. The lowest BCUT2D eigenvalue weighted by atomic mass is 9.54. The monoisotopic (exact) mass is 731 g/mol. The van der Waals surface area contributed by atoms with E-state index in [1.165, 1.54) is 26.2 Å². The Morgan fingerprint density at radius 2 is 0.960 bits per heavy atom. The van der Waals surface area contributed by atoms with Crippen LogP contribution >= 0.6 is 0 Å². The molecule has 4 aliphatic carbocycles. The summed E-state index contributed by atoms with van der Waals surface area (Å²) in [6.07, 6.45) is 3.11. The Balaban J connectivity index is -0.000000140. The third-order valence-electron chi connectivity index (χ3n) is 9.75. The van der Waals surface area contributed by atoms with Crippen molar-refractivity contribution in [2.24, 2.45) is 34.0 Å². The summed E-state index contributed by atoms with van der Waals surface area (Å²) in [4.78, 5) is 45.3. The highest BCUT2D eigenvalue weighted by Crippen LogP contribution is 2.57. The number of alkyl halides is 3. The molecule has 4 fully saturated rings. The SMILES string of the molecule is C.C.C.C.C.C.CCC(C)(C)C(=O)OC(C)C(F)(F)F.CCC(C)(C)C(=O)OC12CC3CC(CC(C3)C1)C2.CCC(C)(C)C(=O)OCC(C)=O. The number of carbonyl (C=O) groups excluding carboxylic acids is 4. The van der Waals surface area contributed by atoms with Crippen molar-refractivity contribution in [2.45, 2.75) is 196 Å². The van der Waals surface area contributed by atoms with Gasteiger partial charge in [-0.1, -0.05) is 65.3 Å². The maximum absolute atomic E-state index is 12.4. The molecular formula is C40H81F3O7. The maximum Gasteiger partial charge on any atom is 0.425 e. The third kappa shape index (κ3) is 17.9. The lowest BCUT2D eigenvalue weighted by Crippen LogP contribution is -2.53. The Morgan fingerprint density at radius 3 is 1.26 bits per heavy atom. The summed E-state index contributed by atoms with van der Waals surface area (Å²) in [6.45, 7) is 18.5. The van der Waals surface area contributed by atoms with Crippen molar-refractivity contribution in [3.8, 4) is 0 Å². The molecule has 0 amide bonds.